The second-order valence-corrected chi connectivity index (χ2v) is 5.55. The van der Waals surface area contributed by atoms with Crippen LogP contribution in [0.1, 0.15) is 11.1 Å². The molecule has 0 aliphatic rings. The summed E-state index contributed by atoms with van der Waals surface area (Å²) in [7, 11) is 0. The molecule has 6 heteroatoms. The lowest BCUT2D eigenvalue weighted by Gasteiger charge is -2.07. The standard InChI is InChI=1S/C14H12BrClN2O2/c15-12-6-5-10(13(16)7-12)8-17-9-11-3-1-2-4-14(11)18(19)20/h1-7,17H,8-9H2. The van der Waals surface area contributed by atoms with Gasteiger partial charge in [0.1, 0.15) is 0 Å². The van der Waals surface area contributed by atoms with Crippen molar-refractivity contribution in [3.05, 3.63) is 73.2 Å². The van der Waals surface area contributed by atoms with Gasteiger partial charge >= 0.3 is 0 Å². The summed E-state index contributed by atoms with van der Waals surface area (Å²) in [6.45, 7) is 0.974. The van der Waals surface area contributed by atoms with Crippen LogP contribution < -0.4 is 5.32 Å². The van der Waals surface area contributed by atoms with Gasteiger partial charge in [-0.25, -0.2) is 0 Å². The van der Waals surface area contributed by atoms with Gasteiger partial charge in [-0.2, -0.15) is 0 Å². The largest absolute Gasteiger partial charge is 0.308 e. The highest BCUT2D eigenvalue weighted by molar-refractivity contribution is 9.10. The van der Waals surface area contributed by atoms with Crippen molar-refractivity contribution in [1.29, 1.82) is 0 Å². The number of rotatable bonds is 5. The van der Waals surface area contributed by atoms with Gasteiger partial charge in [0.2, 0.25) is 0 Å². The quantitative estimate of drug-likeness (QED) is 0.642. The molecule has 0 radical (unpaired) electrons. The highest BCUT2D eigenvalue weighted by atomic mass is 79.9. The molecular formula is C14H12BrClN2O2. The van der Waals surface area contributed by atoms with Crippen LogP contribution >= 0.6 is 27.5 Å². The van der Waals surface area contributed by atoms with Crippen molar-refractivity contribution in [3.8, 4) is 0 Å². The number of nitro groups is 1. The summed E-state index contributed by atoms with van der Waals surface area (Å²) >= 11 is 9.46. The molecule has 0 unspecified atom stereocenters. The molecule has 2 rings (SSSR count). The Morgan fingerprint density at radius 3 is 2.55 bits per heavy atom. The second-order valence-electron chi connectivity index (χ2n) is 4.23. The van der Waals surface area contributed by atoms with E-state index in [1.165, 1.54) is 6.07 Å². The van der Waals surface area contributed by atoms with Crippen LogP contribution in [0.15, 0.2) is 46.9 Å². The maximum absolute atomic E-state index is 10.9. The van der Waals surface area contributed by atoms with Crippen molar-refractivity contribution < 1.29 is 4.92 Å². The molecule has 0 aliphatic heterocycles. The maximum atomic E-state index is 10.9. The Bertz CT molecular complexity index is 634. The van der Waals surface area contributed by atoms with Gasteiger partial charge in [0.25, 0.3) is 5.69 Å². The van der Waals surface area contributed by atoms with Gasteiger partial charge in [0, 0.05) is 34.2 Å². The average Bonchev–Trinajstić information content (AvgIpc) is 2.41. The molecule has 0 aromatic heterocycles. The van der Waals surface area contributed by atoms with Crippen LogP contribution in [0.25, 0.3) is 0 Å². The third-order valence-corrected chi connectivity index (χ3v) is 3.68. The van der Waals surface area contributed by atoms with E-state index in [2.05, 4.69) is 21.2 Å². The highest BCUT2D eigenvalue weighted by Gasteiger charge is 2.11. The molecule has 0 spiro atoms. The second kappa shape index (κ2) is 6.83. The molecule has 0 fully saturated rings. The molecule has 0 aliphatic carbocycles. The van der Waals surface area contributed by atoms with Gasteiger partial charge in [-0.15, -0.1) is 0 Å². The molecule has 0 saturated heterocycles. The minimum atomic E-state index is -0.371. The van der Waals surface area contributed by atoms with Crippen LogP contribution in [-0.2, 0) is 13.1 Å². The smallest absolute Gasteiger partial charge is 0.273 e. The Morgan fingerprint density at radius 2 is 1.85 bits per heavy atom. The summed E-state index contributed by atoms with van der Waals surface area (Å²) in [6.07, 6.45) is 0. The highest BCUT2D eigenvalue weighted by Crippen LogP contribution is 2.22. The van der Waals surface area contributed by atoms with E-state index in [0.717, 1.165) is 10.0 Å². The Labute approximate surface area is 130 Å². The van der Waals surface area contributed by atoms with Crippen molar-refractivity contribution in [3.63, 3.8) is 0 Å². The Hall–Kier alpha value is -1.43. The Morgan fingerprint density at radius 1 is 1.15 bits per heavy atom. The molecule has 2 aromatic carbocycles. The Kier molecular flexibility index (Phi) is 5.11. The Balaban J connectivity index is 2.01. The van der Waals surface area contributed by atoms with Crippen molar-refractivity contribution in [2.75, 3.05) is 0 Å². The third kappa shape index (κ3) is 3.79. The zero-order chi connectivity index (χ0) is 14.5. The van der Waals surface area contributed by atoms with E-state index < -0.39 is 0 Å². The number of halogens is 2. The number of hydrogen-bond acceptors (Lipinski definition) is 3. The SMILES string of the molecule is O=[N+]([O-])c1ccccc1CNCc1ccc(Br)cc1Cl. The predicted molar refractivity (Wildman–Crippen MR) is 82.8 cm³/mol. The number of para-hydroxylation sites is 1. The van der Waals surface area contributed by atoms with Crippen molar-refractivity contribution in [1.82, 2.24) is 5.32 Å². The van der Waals surface area contributed by atoms with Crippen LogP contribution in [-0.4, -0.2) is 4.92 Å². The number of hydrogen-bond donors (Lipinski definition) is 1. The topological polar surface area (TPSA) is 55.2 Å². The maximum Gasteiger partial charge on any atom is 0.273 e. The fourth-order valence-electron chi connectivity index (χ4n) is 1.84. The summed E-state index contributed by atoms with van der Waals surface area (Å²) < 4.78 is 0.921. The van der Waals surface area contributed by atoms with Crippen LogP contribution in [0.3, 0.4) is 0 Å². The van der Waals surface area contributed by atoms with Crippen LogP contribution in [0.4, 0.5) is 5.69 Å². The summed E-state index contributed by atoms with van der Waals surface area (Å²) in [4.78, 5) is 10.5. The number of nitro benzene ring substituents is 1. The van der Waals surface area contributed by atoms with Crippen LogP contribution in [0.2, 0.25) is 5.02 Å². The van der Waals surface area contributed by atoms with Crippen LogP contribution in [0, 0.1) is 10.1 Å². The minimum Gasteiger partial charge on any atom is -0.308 e. The third-order valence-electron chi connectivity index (χ3n) is 2.83. The first kappa shape index (κ1) is 15.0. The first-order valence-corrected chi connectivity index (χ1v) is 7.12. The molecule has 0 atom stereocenters. The lowest BCUT2D eigenvalue weighted by molar-refractivity contribution is -0.385. The average molecular weight is 356 g/mol. The van der Waals surface area contributed by atoms with E-state index in [-0.39, 0.29) is 10.6 Å². The van der Waals surface area contributed by atoms with Gasteiger partial charge in [-0.3, -0.25) is 10.1 Å². The summed E-state index contributed by atoms with van der Waals surface area (Å²) in [6, 6.07) is 12.3. The molecule has 2 aromatic rings. The fraction of sp³-hybridized carbons (Fsp3) is 0.143. The van der Waals surface area contributed by atoms with E-state index >= 15 is 0 Å². The predicted octanol–water partition coefficient (Wildman–Crippen LogP) is 4.30. The van der Waals surface area contributed by atoms with Crippen LogP contribution in [0.5, 0.6) is 0 Å². The zero-order valence-electron chi connectivity index (χ0n) is 10.5. The van der Waals surface area contributed by atoms with E-state index in [1.807, 2.05) is 18.2 Å². The fourth-order valence-corrected chi connectivity index (χ4v) is 2.58. The molecule has 0 heterocycles. The summed E-state index contributed by atoms with van der Waals surface area (Å²) in [5.74, 6) is 0. The number of nitrogens with one attached hydrogen (secondary N) is 1. The van der Waals surface area contributed by atoms with Gasteiger partial charge in [0.05, 0.1) is 4.92 Å². The lowest BCUT2D eigenvalue weighted by Crippen LogP contribution is -2.14. The monoisotopic (exact) mass is 354 g/mol. The normalized spacial score (nSPS) is 10.5. The molecule has 104 valence electrons. The van der Waals surface area contributed by atoms with E-state index in [0.29, 0.717) is 23.7 Å². The molecule has 20 heavy (non-hydrogen) atoms. The summed E-state index contributed by atoms with van der Waals surface area (Å²) in [5.41, 5.74) is 1.74. The molecular weight excluding hydrogens is 344 g/mol. The van der Waals surface area contributed by atoms with E-state index in [4.69, 9.17) is 11.6 Å². The van der Waals surface area contributed by atoms with Gasteiger partial charge in [0.15, 0.2) is 0 Å². The number of benzene rings is 2. The van der Waals surface area contributed by atoms with Gasteiger partial charge in [-0.1, -0.05) is 51.8 Å². The number of nitrogens with zero attached hydrogens (tertiary/aromatic N) is 1. The molecule has 1 N–H and O–H groups in total. The molecule has 0 saturated carbocycles. The van der Waals surface area contributed by atoms with E-state index in [9.17, 15) is 10.1 Å². The van der Waals surface area contributed by atoms with Crippen molar-refractivity contribution >= 4 is 33.2 Å². The van der Waals surface area contributed by atoms with Gasteiger partial charge < -0.3 is 5.32 Å². The van der Waals surface area contributed by atoms with Crippen molar-refractivity contribution in [2.45, 2.75) is 13.1 Å². The van der Waals surface area contributed by atoms with Gasteiger partial charge in [-0.05, 0) is 17.7 Å². The molecule has 0 amide bonds. The first-order valence-electron chi connectivity index (χ1n) is 5.95. The minimum absolute atomic E-state index is 0.127. The van der Waals surface area contributed by atoms with Crippen molar-refractivity contribution in [2.24, 2.45) is 0 Å². The first-order chi connectivity index (χ1) is 9.58. The molecule has 4 nitrogen and oxygen atoms in total. The zero-order valence-corrected chi connectivity index (χ0v) is 12.8. The molecule has 0 bridgehead atoms. The lowest BCUT2D eigenvalue weighted by atomic mass is 10.1. The van der Waals surface area contributed by atoms with E-state index in [1.54, 1.807) is 18.2 Å². The summed E-state index contributed by atoms with van der Waals surface area (Å²) in [5, 5.41) is 14.7.